The van der Waals surface area contributed by atoms with Gasteiger partial charge in [0.05, 0.1) is 12.6 Å². The van der Waals surface area contributed by atoms with Gasteiger partial charge in [-0.15, -0.1) is 4.99 Å². The predicted molar refractivity (Wildman–Crippen MR) is 143 cm³/mol. The molecular weight excluding hydrogens is 542 g/mol. The minimum absolute atomic E-state index is 0.0436. The number of benzene rings is 2. The number of amides is 2. The lowest BCUT2D eigenvalue weighted by atomic mass is 9.99. The Kier molecular flexibility index (Phi) is 7.67. The normalized spacial score (nSPS) is 18.5. The third-order valence-electron chi connectivity index (χ3n) is 7.71. The summed E-state index contributed by atoms with van der Waals surface area (Å²) in [6.07, 6.45) is -0.485. The fourth-order valence-electron chi connectivity index (χ4n) is 5.53. The number of alkyl halides is 3. The molecule has 2 atom stereocenters. The van der Waals surface area contributed by atoms with Crippen LogP contribution in [0.4, 0.5) is 28.0 Å². The van der Waals surface area contributed by atoms with E-state index in [2.05, 4.69) is 10.3 Å². The van der Waals surface area contributed by atoms with E-state index >= 15 is 0 Å². The van der Waals surface area contributed by atoms with E-state index in [4.69, 9.17) is 0 Å². The highest BCUT2D eigenvalue weighted by molar-refractivity contribution is 5.95. The average Bonchev–Trinajstić information content (AvgIpc) is 3.52. The van der Waals surface area contributed by atoms with Crippen molar-refractivity contribution in [3.05, 3.63) is 82.5 Å². The summed E-state index contributed by atoms with van der Waals surface area (Å²) in [5.41, 5.74) is 2.32. The molecule has 41 heavy (non-hydrogen) atoms. The van der Waals surface area contributed by atoms with Gasteiger partial charge in [-0.05, 0) is 79.5 Å². The van der Waals surface area contributed by atoms with Crippen molar-refractivity contribution in [3.8, 4) is 0 Å². The average molecular weight is 574 g/mol. The molecule has 0 bridgehead atoms. The van der Waals surface area contributed by atoms with E-state index in [-0.39, 0.29) is 54.2 Å². The maximum atomic E-state index is 13.9. The zero-order valence-corrected chi connectivity index (χ0v) is 22.7. The molecule has 5 rings (SSSR count). The van der Waals surface area contributed by atoms with Crippen molar-refractivity contribution < 1.29 is 32.3 Å². The van der Waals surface area contributed by atoms with Crippen molar-refractivity contribution in [2.75, 3.05) is 11.4 Å². The first-order valence-electron chi connectivity index (χ1n) is 13.4. The van der Waals surface area contributed by atoms with Crippen molar-refractivity contribution >= 4 is 17.7 Å². The summed E-state index contributed by atoms with van der Waals surface area (Å²) in [6, 6.07) is 7.36. The minimum atomic E-state index is -4.44. The molecule has 1 saturated carbocycles. The summed E-state index contributed by atoms with van der Waals surface area (Å²) in [4.78, 5) is 29.8. The summed E-state index contributed by atoms with van der Waals surface area (Å²) in [7, 11) is 1.63. The maximum Gasteiger partial charge on any atom is 0.434 e. The van der Waals surface area contributed by atoms with Gasteiger partial charge in [0.1, 0.15) is 11.9 Å². The van der Waals surface area contributed by atoms with Gasteiger partial charge in [-0.1, -0.05) is 12.1 Å². The van der Waals surface area contributed by atoms with Crippen molar-refractivity contribution in [3.63, 3.8) is 0 Å². The van der Waals surface area contributed by atoms with Crippen LogP contribution < -0.4 is 15.8 Å². The van der Waals surface area contributed by atoms with Crippen LogP contribution in [0, 0.1) is 18.7 Å². The molecule has 0 radical (unpaired) electrons. The number of anilines is 1. The standard InChI is InChI=1S/C29H31F4N5O3/c1-17-12-20(7-8-23(17)30)25(19-5-6-19)34-26(39)21-13-18(16-37-11-10-36(2)27(37)35-28(40)41)14-22(15-21)38-9-3-4-24(38)29(31,32)33/h7-8,10-15,19,24-25H,3-6,9,16H2,1-2H3,(H,34,39)(H,40,41)/t24?,25-/m0/s1. The van der Waals surface area contributed by atoms with Crippen LogP contribution >= 0.6 is 0 Å². The van der Waals surface area contributed by atoms with Crippen molar-refractivity contribution in [2.24, 2.45) is 18.0 Å². The number of carbonyl (C=O) groups excluding carboxylic acids is 1. The van der Waals surface area contributed by atoms with Crippen LogP contribution in [0.2, 0.25) is 0 Å². The van der Waals surface area contributed by atoms with E-state index in [1.807, 2.05) is 0 Å². The van der Waals surface area contributed by atoms with E-state index in [0.29, 0.717) is 17.5 Å². The van der Waals surface area contributed by atoms with E-state index in [0.717, 1.165) is 18.4 Å². The maximum absolute atomic E-state index is 13.9. The number of rotatable bonds is 7. The Hall–Kier alpha value is -4.09. The predicted octanol–water partition coefficient (Wildman–Crippen LogP) is 5.31. The zero-order chi connectivity index (χ0) is 29.5. The van der Waals surface area contributed by atoms with Gasteiger partial charge >= 0.3 is 12.3 Å². The number of hydrogen-bond acceptors (Lipinski definition) is 3. The molecule has 1 unspecified atom stereocenters. The molecule has 2 aliphatic rings. The van der Waals surface area contributed by atoms with Crippen molar-refractivity contribution in [2.45, 2.75) is 57.4 Å². The van der Waals surface area contributed by atoms with Gasteiger partial charge < -0.3 is 24.5 Å². The zero-order valence-electron chi connectivity index (χ0n) is 22.7. The van der Waals surface area contributed by atoms with Crippen LogP contribution in [-0.2, 0) is 13.6 Å². The SMILES string of the molecule is Cc1cc([C@@H](NC(=O)c2cc(Cn3ccn(C)c3=NC(=O)O)cc(N3CCCC3C(F)(F)F)c2)C2CC2)ccc1F. The highest BCUT2D eigenvalue weighted by Gasteiger charge is 2.46. The summed E-state index contributed by atoms with van der Waals surface area (Å²) in [6.45, 7) is 1.92. The van der Waals surface area contributed by atoms with Crippen LogP contribution in [0.25, 0.3) is 0 Å². The van der Waals surface area contributed by atoms with E-state index < -0.39 is 24.2 Å². The van der Waals surface area contributed by atoms with Crippen LogP contribution in [-0.4, -0.2) is 45.0 Å². The first-order chi connectivity index (χ1) is 19.4. The highest BCUT2D eigenvalue weighted by atomic mass is 19.4. The molecule has 3 aromatic rings. The van der Waals surface area contributed by atoms with Crippen LogP contribution in [0.15, 0.2) is 53.8 Å². The summed E-state index contributed by atoms with van der Waals surface area (Å²) < 4.78 is 58.6. The molecule has 0 spiro atoms. The molecule has 8 nitrogen and oxygen atoms in total. The van der Waals surface area contributed by atoms with Gasteiger partial charge in [0.25, 0.3) is 5.91 Å². The largest absolute Gasteiger partial charge is 0.463 e. The molecular formula is C29H31F4N5O3. The molecule has 1 aliphatic carbocycles. The molecule has 1 saturated heterocycles. The summed E-state index contributed by atoms with van der Waals surface area (Å²) in [5, 5.41) is 12.2. The minimum Gasteiger partial charge on any atom is -0.463 e. The fraction of sp³-hybridized carbons (Fsp3) is 0.414. The number of nitrogens with zero attached hydrogens (tertiary/aromatic N) is 4. The lowest BCUT2D eigenvalue weighted by Gasteiger charge is -2.29. The van der Waals surface area contributed by atoms with Gasteiger partial charge in [-0.3, -0.25) is 4.79 Å². The van der Waals surface area contributed by atoms with Crippen LogP contribution in [0.3, 0.4) is 0 Å². The second-order valence-electron chi connectivity index (χ2n) is 10.8. The van der Waals surface area contributed by atoms with E-state index in [1.165, 1.54) is 21.6 Å². The lowest BCUT2D eigenvalue weighted by Crippen LogP contribution is -2.41. The van der Waals surface area contributed by atoms with Gasteiger partial charge in [0, 0.05) is 37.2 Å². The van der Waals surface area contributed by atoms with E-state index in [1.54, 1.807) is 55.2 Å². The molecule has 2 aromatic carbocycles. The number of nitrogens with one attached hydrogen (secondary N) is 1. The van der Waals surface area contributed by atoms with Gasteiger partial charge in [-0.25, -0.2) is 9.18 Å². The molecule has 2 N–H and O–H groups in total. The Morgan fingerprint density at radius 2 is 1.88 bits per heavy atom. The quantitative estimate of drug-likeness (QED) is 0.375. The molecule has 2 fully saturated rings. The monoisotopic (exact) mass is 573 g/mol. The summed E-state index contributed by atoms with van der Waals surface area (Å²) in [5.74, 6) is -0.618. The first-order valence-corrected chi connectivity index (χ1v) is 13.4. The third kappa shape index (κ3) is 6.31. The van der Waals surface area contributed by atoms with Crippen molar-refractivity contribution in [1.29, 1.82) is 0 Å². The molecule has 12 heteroatoms. The third-order valence-corrected chi connectivity index (χ3v) is 7.71. The van der Waals surface area contributed by atoms with Crippen LogP contribution in [0.1, 0.15) is 58.8 Å². The number of carboxylic acid groups (broad SMARTS) is 1. The number of hydrogen-bond donors (Lipinski definition) is 2. The summed E-state index contributed by atoms with van der Waals surface area (Å²) >= 11 is 0. The molecule has 1 aromatic heterocycles. The molecule has 2 amide bonds. The smallest absolute Gasteiger partial charge is 0.434 e. The second-order valence-corrected chi connectivity index (χ2v) is 10.8. The molecule has 2 heterocycles. The highest BCUT2D eigenvalue weighted by Crippen LogP contribution is 2.42. The first kappa shape index (κ1) is 28.4. The Morgan fingerprint density at radius 1 is 1.12 bits per heavy atom. The second kappa shape index (κ2) is 11.1. The number of halogens is 4. The number of carbonyl (C=O) groups is 2. The van der Waals surface area contributed by atoms with Gasteiger partial charge in [0.15, 0.2) is 0 Å². The lowest BCUT2D eigenvalue weighted by molar-refractivity contribution is -0.145. The topological polar surface area (TPSA) is 91.9 Å². The van der Waals surface area contributed by atoms with E-state index in [9.17, 15) is 32.3 Å². The Labute approximate surface area is 233 Å². The Morgan fingerprint density at radius 3 is 2.54 bits per heavy atom. The van der Waals surface area contributed by atoms with Gasteiger partial charge in [-0.2, -0.15) is 13.2 Å². The Balaban J connectivity index is 1.52. The number of aromatic nitrogens is 2. The Bertz CT molecular complexity index is 1540. The number of imidazole rings is 1. The van der Waals surface area contributed by atoms with Gasteiger partial charge in [0.2, 0.25) is 5.62 Å². The molecule has 218 valence electrons. The van der Waals surface area contributed by atoms with Crippen molar-refractivity contribution in [1.82, 2.24) is 14.5 Å². The number of aryl methyl sites for hydroxylation is 2. The molecule has 1 aliphatic heterocycles. The van der Waals surface area contributed by atoms with Crippen LogP contribution in [0.5, 0.6) is 0 Å². The fourth-order valence-corrected chi connectivity index (χ4v) is 5.53.